The Morgan fingerprint density at radius 2 is 1.88 bits per heavy atom. The molecule has 17 heavy (non-hydrogen) atoms. The van der Waals surface area contributed by atoms with Crippen molar-refractivity contribution in [1.29, 1.82) is 0 Å². The van der Waals surface area contributed by atoms with Gasteiger partial charge in [-0.25, -0.2) is 0 Å². The zero-order chi connectivity index (χ0) is 13.5. The molecule has 4 nitrogen and oxygen atoms in total. The molecule has 0 unspecified atom stereocenters. The van der Waals surface area contributed by atoms with Crippen LogP contribution >= 0.6 is 12.2 Å². The van der Waals surface area contributed by atoms with Crippen molar-refractivity contribution in [2.75, 3.05) is 19.7 Å². The van der Waals surface area contributed by atoms with Gasteiger partial charge in [-0.3, -0.25) is 4.79 Å². The molecule has 0 saturated carbocycles. The molecule has 0 spiro atoms. The quantitative estimate of drug-likeness (QED) is 0.646. The molecule has 0 radical (unpaired) electrons. The molecule has 0 aromatic heterocycles. The van der Waals surface area contributed by atoms with E-state index >= 15 is 0 Å². The summed E-state index contributed by atoms with van der Waals surface area (Å²) in [7, 11) is 0. The number of nitrogens with two attached hydrogens (primary N) is 1. The number of aliphatic hydroxyl groups is 1. The third-order valence-corrected chi connectivity index (χ3v) is 3.73. The second-order valence-corrected chi connectivity index (χ2v) is 4.56. The standard InChI is InChI=1S/C12H24N2O2S/c1-4-12(5-2,10(13)17)11(16)14(6-3)8-7-9-15/h15H,4-9H2,1-3H3,(H2,13,17). The lowest BCUT2D eigenvalue weighted by Crippen LogP contribution is -2.50. The maximum Gasteiger partial charge on any atom is 0.235 e. The van der Waals surface area contributed by atoms with Gasteiger partial charge >= 0.3 is 0 Å². The maximum atomic E-state index is 12.5. The molecule has 0 saturated heterocycles. The topological polar surface area (TPSA) is 66.6 Å². The molecule has 0 aromatic rings. The van der Waals surface area contributed by atoms with Gasteiger partial charge in [0.25, 0.3) is 0 Å². The lowest BCUT2D eigenvalue weighted by molar-refractivity contribution is -0.138. The van der Waals surface area contributed by atoms with E-state index in [-0.39, 0.29) is 17.5 Å². The summed E-state index contributed by atoms with van der Waals surface area (Å²) in [5.74, 6) is -0.00838. The number of rotatable bonds is 8. The van der Waals surface area contributed by atoms with Gasteiger partial charge in [0.05, 0.1) is 10.4 Å². The molecule has 0 atom stereocenters. The Labute approximate surface area is 109 Å². The van der Waals surface area contributed by atoms with Gasteiger partial charge in [-0.2, -0.15) is 0 Å². The fraction of sp³-hybridized carbons (Fsp3) is 0.833. The molecule has 0 bridgehead atoms. The highest BCUT2D eigenvalue weighted by atomic mass is 32.1. The average molecular weight is 260 g/mol. The average Bonchev–Trinajstić information content (AvgIpc) is 2.32. The highest BCUT2D eigenvalue weighted by Gasteiger charge is 2.40. The Morgan fingerprint density at radius 3 is 2.18 bits per heavy atom. The maximum absolute atomic E-state index is 12.5. The molecule has 1 amide bonds. The minimum absolute atomic E-state index is 0.00838. The Hall–Kier alpha value is -0.680. The van der Waals surface area contributed by atoms with Crippen molar-refractivity contribution in [3.8, 4) is 0 Å². The van der Waals surface area contributed by atoms with E-state index in [2.05, 4.69) is 0 Å². The molecule has 5 heteroatoms. The molecule has 0 aliphatic heterocycles. The van der Waals surface area contributed by atoms with Crippen LogP contribution in [0.1, 0.15) is 40.0 Å². The fourth-order valence-corrected chi connectivity index (χ4v) is 2.35. The van der Waals surface area contributed by atoms with Crippen molar-refractivity contribution < 1.29 is 9.90 Å². The van der Waals surface area contributed by atoms with E-state index in [0.29, 0.717) is 32.4 Å². The van der Waals surface area contributed by atoms with Gasteiger partial charge in [-0.05, 0) is 26.2 Å². The third kappa shape index (κ3) is 3.64. The van der Waals surface area contributed by atoms with Crippen molar-refractivity contribution in [2.45, 2.75) is 40.0 Å². The van der Waals surface area contributed by atoms with Crippen LogP contribution in [0.25, 0.3) is 0 Å². The van der Waals surface area contributed by atoms with Crippen LogP contribution in [-0.4, -0.2) is 40.6 Å². The molecule has 0 fully saturated rings. The minimum atomic E-state index is -0.721. The first kappa shape index (κ1) is 16.3. The SMILES string of the molecule is CCN(CCCO)C(=O)C(CC)(CC)C(N)=S. The van der Waals surface area contributed by atoms with Crippen molar-refractivity contribution in [3.05, 3.63) is 0 Å². The summed E-state index contributed by atoms with van der Waals surface area (Å²) in [5.41, 5.74) is 5.03. The van der Waals surface area contributed by atoms with Crippen molar-refractivity contribution >= 4 is 23.1 Å². The van der Waals surface area contributed by atoms with E-state index in [1.165, 1.54) is 0 Å². The zero-order valence-electron chi connectivity index (χ0n) is 11.0. The first-order chi connectivity index (χ1) is 7.99. The summed E-state index contributed by atoms with van der Waals surface area (Å²) in [5, 5.41) is 8.83. The number of nitrogens with zero attached hydrogens (tertiary/aromatic N) is 1. The van der Waals surface area contributed by atoms with Crippen LogP contribution in [0.4, 0.5) is 0 Å². The Morgan fingerprint density at radius 1 is 1.35 bits per heavy atom. The van der Waals surface area contributed by atoms with Crippen LogP contribution in [0.15, 0.2) is 0 Å². The summed E-state index contributed by atoms with van der Waals surface area (Å²) >= 11 is 5.06. The molecule has 0 aromatic carbocycles. The number of hydrogen-bond acceptors (Lipinski definition) is 3. The monoisotopic (exact) mass is 260 g/mol. The number of carbonyl (C=O) groups excluding carboxylic acids is 1. The molecule has 100 valence electrons. The largest absolute Gasteiger partial charge is 0.396 e. The van der Waals surface area contributed by atoms with Crippen molar-refractivity contribution in [2.24, 2.45) is 11.1 Å². The molecule has 0 aliphatic carbocycles. The van der Waals surface area contributed by atoms with E-state index in [4.69, 9.17) is 23.1 Å². The first-order valence-corrected chi connectivity index (χ1v) is 6.61. The predicted molar refractivity (Wildman–Crippen MR) is 73.8 cm³/mol. The highest BCUT2D eigenvalue weighted by molar-refractivity contribution is 7.80. The molecular formula is C12H24N2O2S. The molecule has 0 heterocycles. The van der Waals surface area contributed by atoms with E-state index < -0.39 is 5.41 Å². The highest BCUT2D eigenvalue weighted by Crippen LogP contribution is 2.29. The third-order valence-electron chi connectivity index (χ3n) is 3.34. The summed E-state index contributed by atoms with van der Waals surface area (Å²) in [6.45, 7) is 7.04. The number of thiocarbonyl (C=S) groups is 1. The second kappa shape index (κ2) is 7.61. The normalized spacial score (nSPS) is 11.3. The summed E-state index contributed by atoms with van der Waals surface area (Å²) in [4.78, 5) is 14.5. The van der Waals surface area contributed by atoms with E-state index in [0.717, 1.165) is 0 Å². The Kier molecular flexibility index (Phi) is 7.30. The second-order valence-electron chi connectivity index (χ2n) is 4.12. The van der Waals surface area contributed by atoms with Crippen molar-refractivity contribution in [3.63, 3.8) is 0 Å². The fourth-order valence-electron chi connectivity index (χ4n) is 1.97. The predicted octanol–water partition coefficient (Wildman–Crippen LogP) is 1.31. The molecule has 3 N–H and O–H groups in total. The van der Waals surface area contributed by atoms with Gasteiger partial charge in [0.2, 0.25) is 5.91 Å². The van der Waals surface area contributed by atoms with Crippen LogP contribution in [0.5, 0.6) is 0 Å². The molecule has 0 aliphatic rings. The van der Waals surface area contributed by atoms with Crippen LogP contribution in [0.3, 0.4) is 0 Å². The van der Waals surface area contributed by atoms with Crippen LogP contribution in [0, 0.1) is 5.41 Å². The number of aliphatic hydroxyl groups excluding tert-OH is 1. The summed E-state index contributed by atoms with van der Waals surface area (Å²) in [6, 6.07) is 0. The minimum Gasteiger partial charge on any atom is -0.396 e. The van der Waals surface area contributed by atoms with E-state index in [1.54, 1.807) is 4.90 Å². The Bertz CT molecular complexity index is 265. The van der Waals surface area contributed by atoms with Crippen LogP contribution in [0.2, 0.25) is 0 Å². The van der Waals surface area contributed by atoms with Gasteiger partial charge in [0, 0.05) is 19.7 Å². The smallest absolute Gasteiger partial charge is 0.235 e. The summed E-state index contributed by atoms with van der Waals surface area (Å²) in [6.07, 6.45) is 1.82. The van der Waals surface area contributed by atoms with Crippen LogP contribution in [-0.2, 0) is 4.79 Å². The number of carbonyl (C=O) groups is 1. The van der Waals surface area contributed by atoms with Gasteiger partial charge in [0.15, 0.2) is 0 Å². The number of amides is 1. The molecular weight excluding hydrogens is 236 g/mol. The van der Waals surface area contributed by atoms with Gasteiger partial charge in [0.1, 0.15) is 0 Å². The molecule has 0 rings (SSSR count). The van der Waals surface area contributed by atoms with Crippen LogP contribution < -0.4 is 5.73 Å². The Balaban J connectivity index is 4.98. The van der Waals surface area contributed by atoms with Gasteiger partial charge < -0.3 is 15.7 Å². The lowest BCUT2D eigenvalue weighted by atomic mass is 9.80. The van der Waals surface area contributed by atoms with E-state index in [9.17, 15) is 4.79 Å². The van der Waals surface area contributed by atoms with E-state index in [1.807, 2.05) is 20.8 Å². The van der Waals surface area contributed by atoms with Crippen molar-refractivity contribution in [1.82, 2.24) is 4.90 Å². The van der Waals surface area contributed by atoms with Gasteiger partial charge in [-0.1, -0.05) is 26.1 Å². The van der Waals surface area contributed by atoms with Gasteiger partial charge in [-0.15, -0.1) is 0 Å². The number of hydrogen-bond donors (Lipinski definition) is 2. The summed E-state index contributed by atoms with van der Waals surface area (Å²) < 4.78 is 0. The lowest BCUT2D eigenvalue weighted by Gasteiger charge is -2.34. The first-order valence-electron chi connectivity index (χ1n) is 6.20. The zero-order valence-corrected chi connectivity index (χ0v) is 11.8.